The molecule has 19 heavy (non-hydrogen) atoms. The van der Waals surface area contributed by atoms with Crippen LogP contribution in [0.2, 0.25) is 0 Å². The molecule has 2 aromatic rings. The highest BCUT2D eigenvalue weighted by Crippen LogP contribution is 2.20. The number of anilines is 1. The molecule has 3 rings (SSSR count). The molecule has 0 amide bonds. The Morgan fingerprint density at radius 1 is 1.32 bits per heavy atom. The second-order valence-corrected chi connectivity index (χ2v) is 5.12. The summed E-state index contributed by atoms with van der Waals surface area (Å²) in [5.41, 5.74) is 2.22. The van der Waals surface area contributed by atoms with E-state index in [0.29, 0.717) is 12.1 Å². The number of hydrogen-bond acceptors (Lipinski definition) is 4. The quantitative estimate of drug-likeness (QED) is 0.863. The molecule has 4 heteroatoms. The van der Waals surface area contributed by atoms with Gasteiger partial charge in [0.15, 0.2) is 0 Å². The van der Waals surface area contributed by atoms with Crippen LogP contribution in [-0.4, -0.2) is 18.1 Å². The zero-order valence-corrected chi connectivity index (χ0v) is 11.2. The van der Waals surface area contributed by atoms with Gasteiger partial charge in [-0.05, 0) is 18.4 Å². The summed E-state index contributed by atoms with van der Waals surface area (Å²) >= 11 is 0. The maximum Gasteiger partial charge on any atom is 0.297 e. The summed E-state index contributed by atoms with van der Waals surface area (Å²) in [4.78, 5) is 6.53. The smallest absolute Gasteiger partial charge is 0.297 e. The van der Waals surface area contributed by atoms with Crippen molar-refractivity contribution in [1.29, 1.82) is 0 Å². The summed E-state index contributed by atoms with van der Waals surface area (Å²) in [5.74, 6) is 0. The van der Waals surface area contributed by atoms with Crippen molar-refractivity contribution in [3.8, 4) is 0 Å². The van der Waals surface area contributed by atoms with E-state index in [0.717, 1.165) is 18.8 Å². The third-order valence-electron chi connectivity index (χ3n) is 3.28. The molecule has 1 N–H and O–H groups in total. The molecule has 1 saturated carbocycles. The van der Waals surface area contributed by atoms with Gasteiger partial charge in [0.05, 0.1) is 5.69 Å². The van der Waals surface area contributed by atoms with Gasteiger partial charge in [0.1, 0.15) is 6.26 Å². The zero-order chi connectivity index (χ0) is 13.1. The van der Waals surface area contributed by atoms with Gasteiger partial charge < -0.3 is 14.6 Å². The van der Waals surface area contributed by atoms with Gasteiger partial charge in [0, 0.05) is 26.2 Å². The molecule has 1 heterocycles. The van der Waals surface area contributed by atoms with E-state index in [1.165, 1.54) is 18.4 Å². The Kier molecular flexibility index (Phi) is 3.51. The van der Waals surface area contributed by atoms with Gasteiger partial charge in [-0.15, -0.1) is 0 Å². The van der Waals surface area contributed by atoms with E-state index in [9.17, 15) is 0 Å². The minimum atomic E-state index is 0.677. The summed E-state index contributed by atoms with van der Waals surface area (Å²) in [6.07, 6.45) is 4.32. The van der Waals surface area contributed by atoms with E-state index >= 15 is 0 Å². The number of nitrogens with one attached hydrogen (secondary N) is 1. The van der Waals surface area contributed by atoms with E-state index in [4.69, 9.17) is 4.42 Å². The molecule has 1 aliphatic rings. The van der Waals surface area contributed by atoms with Crippen LogP contribution in [0.3, 0.4) is 0 Å². The molecule has 0 saturated heterocycles. The van der Waals surface area contributed by atoms with Gasteiger partial charge >= 0.3 is 0 Å². The van der Waals surface area contributed by atoms with Gasteiger partial charge in [-0.2, -0.15) is 4.98 Å². The Morgan fingerprint density at radius 2 is 2.11 bits per heavy atom. The van der Waals surface area contributed by atoms with Crippen molar-refractivity contribution in [3.63, 3.8) is 0 Å². The van der Waals surface area contributed by atoms with Crippen LogP contribution in [0.5, 0.6) is 0 Å². The van der Waals surface area contributed by atoms with Gasteiger partial charge in [0.2, 0.25) is 0 Å². The van der Waals surface area contributed by atoms with E-state index in [1.807, 2.05) is 30.1 Å². The summed E-state index contributed by atoms with van der Waals surface area (Å²) in [6.45, 7) is 1.60. The zero-order valence-electron chi connectivity index (χ0n) is 11.2. The van der Waals surface area contributed by atoms with Crippen LogP contribution in [-0.2, 0) is 13.1 Å². The summed E-state index contributed by atoms with van der Waals surface area (Å²) in [7, 11) is 2.00. The van der Waals surface area contributed by atoms with Crippen molar-refractivity contribution < 1.29 is 4.42 Å². The average molecular weight is 257 g/mol. The standard InChI is InChI=1S/C15H19N3O/c1-18(10-12-5-3-2-4-6-12)15-17-14(11-19-15)9-16-13-7-8-13/h2-6,11,13,16H,7-10H2,1H3. The van der Waals surface area contributed by atoms with Gasteiger partial charge in [-0.1, -0.05) is 30.3 Å². The average Bonchev–Trinajstić information content (AvgIpc) is 3.14. The number of rotatable bonds is 6. The molecule has 0 unspecified atom stereocenters. The fourth-order valence-corrected chi connectivity index (χ4v) is 2.01. The van der Waals surface area contributed by atoms with Crippen molar-refractivity contribution in [3.05, 3.63) is 47.9 Å². The van der Waals surface area contributed by atoms with Crippen molar-refractivity contribution in [2.24, 2.45) is 0 Å². The lowest BCUT2D eigenvalue weighted by Gasteiger charge is -2.14. The molecule has 1 aliphatic carbocycles. The molecule has 0 aliphatic heterocycles. The SMILES string of the molecule is CN(Cc1ccccc1)c1nc(CNC2CC2)co1. The molecule has 1 aromatic heterocycles. The molecule has 0 bridgehead atoms. The first-order valence-corrected chi connectivity index (χ1v) is 6.74. The Balaban J connectivity index is 1.58. The number of benzene rings is 1. The molecular weight excluding hydrogens is 238 g/mol. The monoisotopic (exact) mass is 257 g/mol. The first kappa shape index (κ1) is 12.2. The molecule has 4 nitrogen and oxygen atoms in total. The molecule has 0 radical (unpaired) electrons. The van der Waals surface area contributed by atoms with Crippen LogP contribution in [0.25, 0.3) is 0 Å². The van der Waals surface area contributed by atoms with Gasteiger partial charge in [-0.3, -0.25) is 0 Å². The van der Waals surface area contributed by atoms with Gasteiger partial charge in [0.25, 0.3) is 6.01 Å². The van der Waals surface area contributed by atoms with Crippen molar-refractivity contribution >= 4 is 6.01 Å². The van der Waals surface area contributed by atoms with Gasteiger partial charge in [-0.25, -0.2) is 0 Å². The van der Waals surface area contributed by atoms with Crippen molar-refractivity contribution in [2.45, 2.75) is 32.0 Å². The van der Waals surface area contributed by atoms with Crippen LogP contribution in [0.1, 0.15) is 24.1 Å². The maximum absolute atomic E-state index is 5.53. The lowest BCUT2D eigenvalue weighted by Crippen LogP contribution is -2.18. The first-order valence-electron chi connectivity index (χ1n) is 6.74. The third kappa shape index (κ3) is 3.35. The second kappa shape index (κ2) is 5.45. The molecule has 1 aromatic carbocycles. The van der Waals surface area contributed by atoms with Crippen LogP contribution in [0.4, 0.5) is 6.01 Å². The molecular formula is C15H19N3O. The summed E-state index contributed by atoms with van der Waals surface area (Å²) in [5, 5.41) is 3.43. The van der Waals surface area contributed by atoms with Crippen LogP contribution in [0, 0.1) is 0 Å². The van der Waals surface area contributed by atoms with E-state index in [1.54, 1.807) is 6.26 Å². The third-order valence-corrected chi connectivity index (χ3v) is 3.28. The lowest BCUT2D eigenvalue weighted by molar-refractivity contribution is 0.542. The normalized spacial score (nSPS) is 14.6. The molecule has 0 atom stereocenters. The Labute approximate surface area is 113 Å². The highest BCUT2D eigenvalue weighted by Gasteiger charge is 2.20. The Bertz CT molecular complexity index is 519. The van der Waals surface area contributed by atoms with E-state index < -0.39 is 0 Å². The Morgan fingerprint density at radius 3 is 2.84 bits per heavy atom. The van der Waals surface area contributed by atoms with Crippen molar-refractivity contribution in [1.82, 2.24) is 10.3 Å². The fraction of sp³-hybridized carbons (Fsp3) is 0.400. The fourth-order valence-electron chi connectivity index (χ4n) is 2.01. The molecule has 1 fully saturated rings. The largest absolute Gasteiger partial charge is 0.432 e. The number of aromatic nitrogens is 1. The molecule has 0 spiro atoms. The number of nitrogens with zero attached hydrogens (tertiary/aromatic N) is 2. The van der Waals surface area contributed by atoms with Crippen LogP contribution in [0.15, 0.2) is 41.0 Å². The van der Waals surface area contributed by atoms with Crippen molar-refractivity contribution in [2.75, 3.05) is 11.9 Å². The van der Waals surface area contributed by atoms with Crippen LogP contribution >= 0.6 is 0 Å². The predicted octanol–water partition coefficient (Wildman–Crippen LogP) is 2.56. The minimum absolute atomic E-state index is 0.677. The first-order chi connectivity index (χ1) is 9.31. The van der Waals surface area contributed by atoms with E-state index in [2.05, 4.69) is 22.4 Å². The maximum atomic E-state index is 5.53. The predicted molar refractivity (Wildman–Crippen MR) is 74.9 cm³/mol. The number of hydrogen-bond donors (Lipinski definition) is 1. The minimum Gasteiger partial charge on any atom is -0.432 e. The second-order valence-electron chi connectivity index (χ2n) is 5.12. The highest BCUT2D eigenvalue weighted by atomic mass is 16.4. The highest BCUT2D eigenvalue weighted by molar-refractivity contribution is 5.29. The Hall–Kier alpha value is -1.81. The summed E-state index contributed by atoms with van der Waals surface area (Å²) in [6, 6.07) is 11.7. The number of oxazole rings is 1. The topological polar surface area (TPSA) is 41.3 Å². The van der Waals surface area contributed by atoms with E-state index in [-0.39, 0.29) is 0 Å². The summed E-state index contributed by atoms with van der Waals surface area (Å²) < 4.78 is 5.53. The lowest BCUT2D eigenvalue weighted by atomic mass is 10.2. The molecule has 100 valence electrons. The van der Waals surface area contributed by atoms with Crippen LogP contribution < -0.4 is 10.2 Å².